The molecule has 0 spiro atoms. The van der Waals surface area contributed by atoms with Crippen molar-refractivity contribution in [3.8, 4) is 11.5 Å². The summed E-state index contributed by atoms with van der Waals surface area (Å²) in [5.74, 6) is 0.128. The van der Waals surface area contributed by atoms with Gasteiger partial charge in [0, 0.05) is 5.02 Å². The van der Waals surface area contributed by atoms with E-state index in [2.05, 4.69) is 0 Å². The fraction of sp³-hybridized carbons (Fsp3) is 0.200. The fourth-order valence-corrected chi connectivity index (χ4v) is 1.78. The van der Waals surface area contributed by atoms with Crippen molar-refractivity contribution in [1.29, 1.82) is 0 Å². The molecule has 0 aliphatic rings. The zero-order valence-corrected chi connectivity index (χ0v) is 11.4. The summed E-state index contributed by atoms with van der Waals surface area (Å²) in [5, 5.41) is 10.0. The van der Waals surface area contributed by atoms with Crippen LogP contribution in [0.4, 0.5) is 4.39 Å². The van der Waals surface area contributed by atoms with E-state index in [1.54, 1.807) is 31.2 Å². The van der Waals surface area contributed by atoms with Crippen LogP contribution in [-0.4, -0.2) is 5.11 Å². The Hall–Kier alpha value is -1.58. The number of benzene rings is 2. The van der Waals surface area contributed by atoms with Crippen molar-refractivity contribution in [3.63, 3.8) is 0 Å². The SMILES string of the molecule is Cc1cc(Oc2ccc([C@@H](C)O)cc2F)ccc1Cl. The lowest BCUT2D eigenvalue weighted by Gasteiger charge is -2.10. The van der Waals surface area contributed by atoms with Crippen LogP contribution in [0.5, 0.6) is 11.5 Å². The summed E-state index contributed by atoms with van der Waals surface area (Å²) in [6.45, 7) is 3.43. The first-order valence-corrected chi connectivity index (χ1v) is 6.26. The van der Waals surface area contributed by atoms with Crippen LogP contribution in [0.3, 0.4) is 0 Å². The van der Waals surface area contributed by atoms with Crippen LogP contribution in [0, 0.1) is 12.7 Å². The molecule has 0 aromatic heterocycles. The molecule has 2 aromatic rings. The summed E-state index contributed by atoms with van der Waals surface area (Å²) >= 11 is 5.91. The van der Waals surface area contributed by atoms with E-state index in [0.717, 1.165) is 5.56 Å². The van der Waals surface area contributed by atoms with Crippen LogP contribution in [0.15, 0.2) is 36.4 Å². The molecule has 0 unspecified atom stereocenters. The third kappa shape index (κ3) is 3.25. The van der Waals surface area contributed by atoms with Crippen LogP contribution in [0.25, 0.3) is 0 Å². The fourth-order valence-electron chi connectivity index (χ4n) is 1.67. The van der Waals surface area contributed by atoms with Crippen molar-refractivity contribution < 1.29 is 14.2 Å². The van der Waals surface area contributed by atoms with Gasteiger partial charge in [0.15, 0.2) is 11.6 Å². The highest BCUT2D eigenvalue weighted by Crippen LogP contribution is 2.29. The predicted octanol–water partition coefficient (Wildman–Crippen LogP) is 4.63. The van der Waals surface area contributed by atoms with Gasteiger partial charge in [-0.05, 0) is 55.3 Å². The smallest absolute Gasteiger partial charge is 0.166 e. The van der Waals surface area contributed by atoms with Gasteiger partial charge in [-0.15, -0.1) is 0 Å². The average Bonchev–Trinajstić information content (AvgIpc) is 2.36. The largest absolute Gasteiger partial charge is 0.454 e. The van der Waals surface area contributed by atoms with E-state index in [0.29, 0.717) is 16.3 Å². The van der Waals surface area contributed by atoms with Gasteiger partial charge in [0.25, 0.3) is 0 Å². The third-order valence-corrected chi connectivity index (χ3v) is 3.22. The average molecular weight is 281 g/mol. The zero-order valence-electron chi connectivity index (χ0n) is 10.7. The summed E-state index contributed by atoms with van der Waals surface area (Å²) in [7, 11) is 0. The molecule has 0 saturated heterocycles. The monoisotopic (exact) mass is 280 g/mol. The highest BCUT2D eigenvalue weighted by atomic mass is 35.5. The van der Waals surface area contributed by atoms with Gasteiger partial charge in [0.2, 0.25) is 0 Å². The molecule has 1 atom stereocenters. The number of hydrogen-bond donors (Lipinski definition) is 1. The number of rotatable bonds is 3. The van der Waals surface area contributed by atoms with E-state index < -0.39 is 11.9 Å². The molecule has 4 heteroatoms. The number of halogens is 2. The minimum atomic E-state index is -0.707. The molecule has 0 aliphatic heterocycles. The minimum absolute atomic E-state index is 0.117. The van der Waals surface area contributed by atoms with Crippen LogP contribution in [0.2, 0.25) is 5.02 Å². The van der Waals surface area contributed by atoms with Crippen LogP contribution in [0.1, 0.15) is 24.2 Å². The molecular weight excluding hydrogens is 267 g/mol. The van der Waals surface area contributed by atoms with Gasteiger partial charge >= 0.3 is 0 Å². The molecule has 2 nitrogen and oxygen atoms in total. The van der Waals surface area contributed by atoms with Crippen molar-refractivity contribution in [3.05, 3.63) is 58.4 Å². The van der Waals surface area contributed by atoms with E-state index in [9.17, 15) is 9.50 Å². The van der Waals surface area contributed by atoms with Crippen molar-refractivity contribution in [2.24, 2.45) is 0 Å². The first kappa shape index (κ1) is 13.8. The van der Waals surface area contributed by atoms with Gasteiger partial charge in [-0.1, -0.05) is 17.7 Å². The maximum Gasteiger partial charge on any atom is 0.166 e. The standard InChI is InChI=1S/C15H14ClFO2/c1-9-7-12(4-5-13(9)16)19-15-6-3-11(10(2)18)8-14(15)17/h3-8,10,18H,1-2H3/t10-/m1/s1. The molecular formula is C15H14ClFO2. The topological polar surface area (TPSA) is 29.5 Å². The van der Waals surface area contributed by atoms with E-state index in [4.69, 9.17) is 16.3 Å². The molecule has 2 aromatic carbocycles. The second-order valence-corrected chi connectivity index (χ2v) is 4.79. The van der Waals surface area contributed by atoms with Crippen LogP contribution >= 0.6 is 11.6 Å². The third-order valence-electron chi connectivity index (χ3n) is 2.80. The maximum atomic E-state index is 13.8. The highest BCUT2D eigenvalue weighted by molar-refractivity contribution is 6.31. The molecule has 100 valence electrons. The highest BCUT2D eigenvalue weighted by Gasteiger charge is 2.09. The summed E-state index contributed by atoms with van der Waals surface area (Å²) in [5.41, 5.74) is 1.37. The van der Waals surface area contributed by atoms with E-state index in [1.165, 1.54) is 12.1 Å². The summed E-state index contributed by atoms with van der Waals surface area (Å²) in [4.78, 5) is 0. The molecule has 0 bridgehead atoms. The van der Waals surface area contributed by atoms with Gasteiger partial charge in [0.05, 0.1) is 6.10 Å². The molecule has 0 heterocycles. The van der Waals surface area contributed by atoms with Gasteiger partial charge < -0.3 is 9.84 Å². The number of aliphatic hydroxyl groups excluding tert-OH is 1. The molecule has 0 saturated carbocycles. The number of aliphatic hydroxyl groups is 1. The van der Waals surface area contributed by atoms with Crippen molar-refractivity contribution >= 4 is 11.6 Å². The Morgan fingerprint density at radius 3 is 2.53 bits per heavy atom. The second-order valence-electron chi connectivity index (χ2n) is 4.38. The maximum absolute atomic E-state index is 13.8. The van der Waals surface area contributed by atoms with Crippen molar-refractivity contribution in [2.45, 2.75) is 20.0 Å². The number of aryl methyl sites for hydroxylation is 1. The van der Waals surface area contributed by atoms with Crippen LogP contribution < -0.4 is 4.74 Å². The normalized spacial score (nSPS) is 12.3. The summed E-state index contributed by atoms with van der Waals surface area (Å²) in [6.07, 6.45) is -0.707. The van der Waals surface area contributed by atoms with Crippen LogP contribution in [-0.2, 0) is 0 Å². The second kappa shape index (κ2) is 5.59. The molecule has 2 rings (SSSR count). The summed E-state index contributed by atoms with van der Waals surface area (Å²) < 4.78 is 19.3. The lowest BCUT2D eigenvalue weighted by Crippen LogP contribution is -1.94. The molecule has 0 fully saturated rings. The van der Waals surface area contributed by atoms with Gasteiger partial charge in [0.1, 0.15) is 5.75 Å². The molecule has 0 radical (unpaired) electrons. The molecule has 0 amide bonds. The Morgan fingerprint density at radius 1 is 1.21 bits per heavy atom. The Bertz CT molecular complexity index is 597. The van der Waals surface area contributed by atoms with Gasteiger partial charge in [-0.3, -0.25) is 0 Å². The Kier molecular flexibility index (Phi) is 4.08. The molecule has 0 aliphatic carbocycles. The molecule has 1 N–H and O–H groups in total. The number of hydrogen-bond acceptors (Lipinski definition) is 2. The quantitative estimate of drug-likeness (QED) is 0.888. The van der Waals surface area contributed by atoms with Crippen molar-refractivity contribution in [2.75, 3.05) is 0 Å². The Balaban J connectivity index is 2.25. The lowest BCUT2D eigenvalue weighted by atomic mass is 10.1. The first-order valence-electron chi connectivity index (χ1n) is 5.89. The first-order chi connectivity index (χ1) is 8.97. The summed E-state index contributed by atoms with van der Waals surface area (Å²) in [6, 6.07) is 9.52. The molecule has 19 heavy (non-hydrogen) atoms. The zero-order chi connectivity index (χ0) is 14.0. The lowest BCUT2D eigenvalue weighted by molar-refractivity contribution is 0.198. The van der Waals surface area contributed by atoms with Gasteiger partial charge in [-0.2, -0.15) is 0 Å². The predicted molar refractivity (Wildman–Crippen MR) is 73.3 cm³/mol. The van der Waals surface area contributed by atoms with E-state index in [1.807, 2.05) is 6.92 Å². The van der Waals surface area contributed by atoms with Gasteiger partial charge in [-0.25, -0.2) is 4.39 Å². The van der Waals surface area contributed by atoms with E-state index >= 15 is 0 Å². The number of ether oxygens (including phenoxy) is 1. The Labute approximate surface area is 116 Å². The van der Waals surface area contributed by atoms with Crippen molar-refractivity contribution in [1.82, 2.24) is 0 Å². The van der Waals surface area contributed by atoms with E-state index in [-0.39, 0.29) is 5.75 Å². The Morgan fingerprint density at radius 2 is 1.95 bits per heavy atom. The minimum Gasteiger partial charge on any atom is -0.454 e.